The highest BCUT2D eigenvalue weighted by atomic mass is 32.1. The Balaban J connectivity index is 1.39. The van der Waals surface area contributed by atoms with E-state index in [-0.39, 0.29) is 11.9 Å². The number of anilines is 1. The zero-order valence-corrected chi connectivity index (χ0v) is 20.0. The van der Waals surface area contributed by atoms with Gasteiger partial charge in [0, 0.05) is 42.9 Å². The van der Waals surface area contributed by atoms with Crippen molar-refractivity contribution in [3.8, 4) is 16.1 Å². The van der Waals surface area contributed by atoms with Gasteiger partial charge < -0.3 is 15.6 Å². The Morgan fingerprint density at radius 2 is 2.06 bits per heavy atom. The van der Waals surface area contributed by atoms with Gasteiger partial charge in [0.15, 0.2) is 5.01 Å². The van der Waals surface area contributed by atoms with Crippen molar-refractivity contribution in [3.63, 3.8) is 0 Å². The molecule has 4 aromatic rings. The van der Waals surface area contributed by atoms with Crippen molar-refractivity contribution in [2.45, 2.75) is 32.4 Å². The second kappa shape index (κ2) is 9.89. The summed E-state index contributed by atoms with van der Waals surface area (Å²) in [7, 11) is 0. The lowest BCUT2D eigenvalue weighted by molar-refractivity contribution is 0.102. The third-order valence-corrected chi connectivity index (χ3v) is 7.00. The molecule has 1 fully saturated rings. The summed E-state index contributed by atoms with van der Waals surface area (Å²) >= 11 is 1.39. The van der Waals surface area contributed by atoms with Gasteiger partial charge in [0.25, 0.3) is 5.91 Å². The Labute approximate surface area is 203 Å². The number of hydrogen-bond acceptors (Lipinski definition) is 6. The van der Waals surface area contributed by atoms with Crippen molar-refractivity contribution in [2.24, 2.45) is 5.73 Å². The maximum absolute atomic E-state index is 13.0. The monoisotopic (exact) mass is 472 g/mol. The summed E-state index contributed by atoms with van der Waals surface area (Å²) in [6.45, 7) is 4.67. The van der Waals surface area contributed by atoms with Gasteiger partial charge in [0.05, 0.1) is 16.9 Å². The smallest absolute Gasteiger partial charge is 0.284 e. The SMILES string of the molecule is Cc1cn(-c2cc(CN3CCC[C@H](N)C3)cc(NC(=O)c3ncc(-c4ccccc4)s3)c2)cn1. The molecule has 0 radical (unpaired) electrons. The quantitative estimate of drug-likeness (QED) is 0.432. The fourth-order valence-corrected chi connectivity index (χ4v) is 5.16. The summed E-state index contributed by atoms with van der Waals surface area (Å²) in [6, 6.07) is 16.3. The van der Waals surface area contributed by atoms with E-state index >= 15 is 0 Å². The van der Waals surface area contributed by atoms with E-state index in [1.807, 2.05) is 60.2 Å². The third-order valence-electron chi connectivity index (χ3n) is 5.95. The summed E-state index contributed by atoms with van der Waals surface area (Å²) in [6.07, 6.45) is 7.72. The van der Waals surface area contributed by atoms with Crippen LogP contribution in [-0.2, 0) is 6.54 Å². The molecule has 1 aliphatic rings. The second-order valence-electron chi connectivity index (χ2n) is 8.80. The number of nitrogens with two attached hydrogens (primary N) is 1. The van der Waals surface area contributed by atoms with E-state index in [2.05, 4.69) is 26.3 Å². The molecule has 0 bridgehead atoms. The molecule has 3 heterocycles. The number of hydrogen-bond donors (Lipinski definition) is 2. The zero-order valence-electron chi connectivity index (χ0n) is 19.1. The second-order valence-corrected chi connectivity index (χ2v) is 9.83. The fourth-order valence-electron chi connectivity index (χ4n) is 4.34. The van der Waals surface area contributed by atoms with Crippen molar-refractivity contribution in [1.29, 1.82) is 0 Å². The van der Waals surface area contributed by atoms with Crippen molar-refractivity contribution in [2.75, 3.05) is 18.4 Å². The number of nitrogens with zero attached hydrogens (tertiary/aromatic N) is 4. The highest BCUT2D eigenvalue weighted by Crippen LogP contribution is 2.27. The predicted octanol–water partition coefficient (Wildman–Crippen LogP) is 4.48. The molecule has 1 saturated heterocycles. The van der Waals surface area contributed by atoms with E-state index in [1.54, 1.807) is 12.5 Å². The van der Waals surface area contributed by atoms with Crippen molar-refractivity contribution in [1.82, 2.24) is 19.4 Å². The third kappa shape index (κ3) is 5.25. The molecular weight excluding hydrogens is 444 g/mol. The largest absolute Gasteiger partial charge is 0.327 e. The number of carbonyl (C=O) groups excluding carboxylic acids is 1. The Bertz CT molecular complexity index is 1280. The summed E-state index contributed by atoms with van der Waals surface area (Å²) in [5.41, 5.74) is 11.0. The highest BCUT2D eigenvalue weighted by Gasteiger charge is 2.18. The van der Waals surface area contributed by atoms with Crippen LogP contribution in [0.4, 0.5) is 5.69 Å². The normalized spacial score (nSPS) is 16.5. The van der Waals surface area contributed by atoms with Crippen LogP contribution in [0.2, 0.25) is 0 Å². The maximum atomic E-state index is 13.0. The molecule has 0 spiro atoms. The van der Waals surface area contributed by atoms with E-state index < -0.39 is 0 Å². The standard InChI is InChI=1S/C26H28N6OS/c1-18-14-32(17-29-18)23-11-19(15-31-9-5-8-21(27)16-31)10-22(12-23)30-25(33)26-28-13-24(34-26)20-6-3-2-4-7-20/h2-4,6-7,10-14,17,21H,5,8-9,15-16,27H2,1H3,(H,30,33)/t21-/m0/s1. The van der Waals surface area contributed by atoms with Crippen LogP contribution in [0.25, 0.3) is 16.1 Å². The van der Waals surface area contributed by atoms with Gasteiger partial charge in [0.2, 0.25) is 0 Å². The van der Waals surface area contributed by atoms with Crippen molar-refractivity contribution < 1.29 is 4.79 Å². The number of benzene rings is 2. The molecule has 7 nitrogen and oxygen atoms in total. The molecule has 1 aliphatic heterocycles. The Morgan fingerprint density at radius 1 is 1.21 bits per heavy atom. The molecule has 34 heavy (non-hydrogen) atoms. The summed E-state index contributed by atoms with van der Waals surface area (Å²) in [5.74, 6) is -0.211. The number of aryl methyl sites for hydroxylation is 1. The predicted molar refractivity (Wildman–Crippen MR) is 136 cm³/mol. The molecule has 174 valence electrons. The maximum Gasteiger partial charge on any atom is 0.284 e. The van der Waals surface area contributed by atoms with Crippen LogP contribution in [0.1, 0.15) is 33.9 Å². The summed E-state index contributed by atoms with van der Waals surface area (Å²) in [5, 5.41) is 3.49. The molecule has 0 aliphatic carbocycles. The van der Waals surface area contributed by atoms with Gasteiger partial charge >= 0.3 is 0 Å². The molecule has 0 unspecified atom stereocenters. The number of aromatic nitrogens is 3. The number of carbonyl (C=O) groups is 1. The number of thiazole rings is 1. The van der Waals surface area contributed by atoms with Crippen LogP contribution >= 0.6 is 11.3 Å². The van der Waals surface area contributed by atoms with Crippen molar-refractivity contribution >= 4 is 22.9 Å². The Hall–Kier alpha value is -3.33. The van der Waals surface area contributed by atoms with Gasteiger partial charge in [-0.2, -0.15) is 0 Å². The van der Waals surface area contributed by atoms with E-state index in [4.69, 9.17) is 5.73 Å². The topological polar surface area (TPSA) is 89.1 Å². The number of rotatable bonds is 6. The van der Waals surface area contributed by atoms with Crippen LogP contribution in [0.3, 0.4) is 0 Å². The van der Waals surface area contributed by atoms with E-state index in [1.165, 1.54) is 11.3 Å². The highest BCUT2D eigenvalue weighted by molar-refractivity contribution is 7.17. The first-order chi connectivity index (χ1) is 16.5. The van der Waals surface area contributed by atoms with Gasteiger partial charge in [-0.05, 0) is 55.6 Å². The lowest BCUT2D eigenvalue weighted by Gasteiger charge is -2.30. The molecular formula is C26H28N6OS. The molecule has 3 N–H and O–H groups in total. The molecule has 8 heteroatoms. The summed E-state index contributed by atoms with van der Waals surface area (Å²) in [4.78, 5) is 25.1. The van der Waals surface area contributed by atoms with Gasteiger partial charge in [-0.15, -0.1) is 11.3 Å². The molecule has 0 saturated carbocycles. The van der Waals surface area contributed by atoms with Crippen LogP contribution in [0.15, 0.2) is 67.3 Å². The minimum atomic E-state index is -0.211. The molecule has 1 amide bonds. The molecule has 1 atom stereocenters. The first kappa shape index (κ1) is 22.5. The molecule has 2 aromatic carbocycles. The lowest BCUT2D eigenvalue weighted by Crippen LogP contribution is -2.42. The minimum Gasteiger partial charge on any atom is -0.327 e. The average molecular weight is 473 g/mol. The first-order valence-electron chi connectivity index (χ1n) is 11.5. The average Bonchev–Trinajstić information content (AvgIpc) is 3.49. The van der Waals surface area contributed by atoms with Gasteiger partial charge in [0.1, 0.15) is 0 Å². The van der Waals surface area contributed by atoms with Crippen molar-refractivity contribution in [3.05, 3.63) is 83.5 Å². The first-order valence-corrected chi connectivity index (χ1v) is 12.3. The van der Waals surface area contributed by atoms with Crippen LogP contribution in [0.5, 0.6) is 0 Å². The number of nitrogens with one attached hydrogen (secondary N) is 1. The summed E-state index contributed by atoms with van der Waals surface area (Å²) < 4.78 is 1.98. The van der Waals surface area contributed by atoms with E-state index in [0.717, 1.165) is 65.5 Å². The zero-order chi connectivity index (χ0) is 23.5. The van der Waals surface area contributed by atoms with Crippen LogP contribution < -0.4 is 11.1 Å². The van der Waals surface area contributed by atoms with Gasteiger partial charge in [-0.1, -0.05) is 30.3 Å². The number of likely N-dealkylation sites (tertiary alicyclic amines) is 1. The van der Waals surface area contributed by atoms with E-state index in [0.29, 0.717) is 5.01 Å². The molecule has 2 aromatic heterocycles. The fraction of sp³-hybridized carbons (Fsp3) is 0.269. The Kier molecular flexibility index (Phi) is 6.53. The van der Waals surface area contributed by atoms with E-state index in [9.17, 15) is 4.79 Å². The van der Waals surface area contributed by atoms with Gasteiger partial charge in [-0.25, -0.2) is 9.97 Å². The molecule has 5 rings (SSSR count). The number of amides is 1. The van der Waals surface area contributed by atoms with Crippen LogP contribution in [-0.4, -0.2) is 44.5 Å². The number of piperidine rings is 1. The minimum absolute atomic E-state index is 0.211. The number of imidazole rings is 1. The van der Waals surface area contributed by atoms with Crippen LogP contribution in [0, 0.1) is 6.92 Å². The van der Waals surface area contributed by atoms with Gasteiger partial charge in [-0.3, -0.25) is 9.69 Å². The lowest BCUT2D eigenvalue weighted by atomic mass is 10.1. The Morgan fingerprint density at radius 3 is 2.82 bits per heavy atom.